The fourth-order valence-electron chi connectivity index (χ4n) is 2.97. The predicted molar refractivity (Wildman–Crippen MR) is 87.0 cm³/mol. The van der Waals surface area contributed by atoms with Crippen LogP contribution in [0.5, 0.6) is 0 Å². The van der Waals surface area contributed by atoms with Crippen LogP contribution in [-0.4, -0.2) is 22.4 Å². The van der Waals surface area contributed by atoms with Crippen LogP contribution in [0.15, 0.2) is 6.07 Å². The van der Waals surface area contributed by atoms with Gasteiger partial charge in [-0.05, 0) is 38.3 Å². The molecule has 1 rings (SSSR count). The summed E-state index contributed by atoms with van der Waals surface area (Å²) >= 11 is 0. The van der Waals surface area contributed by atoms with Crippen molar-refractivity contribution in [1.82, 2.24) is 15.1 Å². The normalized spacial score (nSPS) is 14.4. The van der Waals surface area contributed by atoms with Crippen molar-refractivity contribution in [2.75, 3.05) is 6.54 Å². The van der Waals surface area contributed by atoms with E-state index in [2.05, 4.69) is 51.2 Å². The lowest BCUT2D eigenvalue weighted by atomic mass is 9.88. The number of hydrogen-bond acceptors (Lipinski definition) is 2. The molecule has 0 saturated carbocycles. The smallest absolute Gasteiger partial charge is 0.0596 e. The Morgan fingerprint density at radius 2 is 2.00 bits per heavy atom. The van der Waals surface area contributed by atoms with E-state index in [1.165, 1.54) is 37.8 Å². The standard InChI is InChI=1S/C17H33N3/c1-6-9-10-15(8-3)17(18-11-7-2)13-16-12-14(4)19-20(16)5/h12,15,17-18H,6-11,13H2,1-5H3. The number of unbranched alkanes of at least 4 members (excludes halogenated alkanes) is 1. The van der Waals surface area contributed by atoms with Gasteiger partial charge in [0.1, 0.15) is 0 Å². The molecule has 2 unspecified atom stereocenters. The van der Waals surface area contributed by atoms with Crippen molar-refractivity contribution in [2.24, 2.45) is 13.0 Å². The molecule has 3 nitrogen and oxygen atoms in total. The third-order valence-corrected chi connectivity index (χ3v) is 4.21. The van der Waals surface area contributed by atoms with Gasteiger partial charge in [0.15, 0.2) is 0 Å². The van der Waals surface area contributed by atoms with Gasteiger partial charge >= 0.3 is 0 Å². The summed E-state index contributed by atoms with van der Waals surface area (Å²) in [6.07, 6.45) is 7.53. The van der Waals surface area contributed by atoms with E-state index in [0.717, 1.165) is 24.6 Å². The molecule has 2 atom stereocenters. The number of rotatable bonds is 10. The van der Waals surface area contributed by atoms with Crippen LogP contribution in [-0.2, 0) is 13.5 Å². The summed E-state index contributed by atoms with van der Waals surface area (Å²) in [5, 5.41) is 8.25. The highest BCUT2D eigenvalue weighted by atomic mass is 15.3. The topological polar surface area (TPSA) is 29.9 Å². The molecule has 3 heteroatoms. The zero-order valence-electron chi connectivity index (χ0n) is 14.1. The Morgan fingerprint density at radius 1 is 1.25 bits per heavy atom. The minimum Gasteiger partial charge on any atom is -0.313 e. The number of hydrogen-bond donors (Lipinski definition) is 1. The molecule has 0 spiro atoms. The lowest BCUT2D eigenvalue weighted by Crippen LogP contribution is -2.39. The van der Waals surface area contributed by atoms with Gasteiger partial charge in [-0.2, -0.15) is 5.10 Å². The van der Waals surface area contributed by atoms with Gasteiger partial charge in [0.2, 0.25) is 0 Å². The summed E-state index contributed by atoms with van der Waals surface area (Å²) in [4.78, 5) is 0. The first-order chi connectivity index (χ1) is 9.62. The van der Waals surface area contributed by atoms with E-state index in [4.69, 9.17) is 0 Å². The monoisotopic (exact) mass is 279 g/mol. The van der Waals surface area contributed by atoms with Crippen molar-refractivity contribution in [3.63, 3.8) is 0 Å². The second-order valence-corrected chi connectivity index (χ2v) is 5.98. The lowest BCUT2D eigenvalue weighted by Gasteiger charge is -2.27. The Kier molecular flexibility index (Phi) is 7.90. The van der Waals surface area contributed by atoms with Gasteiger partial charge < -0.3 is 5.32 Å². The van der Waals surface area contributed by atoms with Crippen LogP contribution in [0, 0.1) is 12.8 Å². The van der Waals surface area contributed by atoms with Crippen LogP contribution in [0.25, 0.3) is 0 Å². The molecule has 0 fully saturated rings. The third kappa shape index (κ3) is 5.28. The number of aromatic nitrogens is 2. The predicted octanol–water partition coefficient (Wildman–Crippen LogP) is 3.86. The zero-order chi connectivity index (χ0) is 15.0. The van der Waals surface area contributed by atoms with E-state index in [0.29, 0.717) is 6.04 Å². The molecule has 0 saturated heterocycles. The summed E-state index contributed by atoms with van der Waals surface area (Å²) in [5.74, 6) is 0.775. The Balaban J connectivity index is 2.73. The zero-order valence-corrected chi connectivity index (χ0v) is 14.1. The molecular weight excluding hydrogens is 246 g/mol. The Labute approximate surface area is 125 Å². The van der Waals surface area contributed by atoms with Crippen molar-refractivity contribution in [3.8, 4) is 0 Å². The van der Waals surface area contributed by atoms with E-state index in [-0.39, 0.29) is 0 Å². The SMILES string of the molecule is CCCCC(CC)C(Cc1cc(C)nn1C)NCCC. The molecule has 1 N–H and O–H groups in total. The number of nitrogens with zero attached hydrogens (tertiary/aromatic N) is 2. The molecule has 1 aromatic rings. The Bertz CT molecular complexity index is 370. The van der Waals surface area contributed by atoms with Gasteiger partial charge in [0.05, 0.1) is 5.69 Å². The fraction of sp³-hybridized carbons (Fsp3) is 0.824. The van der Waals surface area contributed by atoms with Crippen molar-refractivity contribution < 1.29 is 0 Å². The molecule has 116 valence electrons. The molecule has 20 heavy (non-hydrogen) atoms. The minimum atomic E-state index is 0.585. The van der Waals surface area contributed by atoms with Gasteiger partial charge in [-0.1, -0.05) is 40.0 Å². The second-order valence-electron chi connectivity index (χ2n) is 5.98. The Hall–Kier alpha value is -0.830. The molecule has 0 radical (unpaired) electrons. The van der Waals surface area contributed by atoms with Crippen LogP contribution >= 0.6 is 0 Å². The lowest BCUT2D eigenvalue weighted by molar-refractivity contribution is 0.311. The van der Waals surface area contributed by atoms with E-state index in [1.807, 2.05) is 4.68 Å². The van der Waals surface area contributed by atoms with Crippen LogP contribution in [0.3, 0.4) is 0 Å². The van der Waals surface area contributed by atoms with Gasteiger partial charge in [-0.25, -0.2) is 0 Å². The van der Waals surface area contributed by atoms with Gasteiger partial charge in [-0.3, -0.25) is 4.68 Å². The van der Waals surface area contributed by atoms with E-state index in [1.54, 1.807) is 0 Å². The van der Waals surface area contributed by atoms with Crippen LogP contribution in [0.2, 0.25) is 0 Å². The quantitative estimate of drug-likeness (QED) is 0.705. The molecule has 0 bridgehead atoms. The van der Waals surface area contributed by atoms with Crippen molar-refractivity contribution >= 4 is 0 Å². The molecule has 0 aliphatic carbocycles. The average molecular weight is 279 g/mol. The van der Waals surface area contributed by atoms with Gasteiger partial charge in [0.25, 0.3) is 0 Å². The highest BCUT2D eigenvalue weighted by molar-refractivity contribution is 5.10. The second kappa shape index (κ2) is 9.17. The first-order valence-corrected chi connectivity index (χ1v) is 8.35. The maximum absolute atomic E-state index is 4.48. The summed E-state index contributed by atoms with van der Waals surface area (Å²) in [7, 11) is 2.06. The number of aryl methyl sites for hydroxylation is 2. The fourth-order valence-corrected chi connectivity index (χ4v) is 2.97. The van der Waals surface area contributed by atoms with Crippen molar-refractivity contribution in [3.05, 3.63) is 17.5 Å². The maximum Gasteiger partial charge on any atom is 0.0596 e. The molecule has 1 aromatic heterocycles. The highest BCUT2D eigenvalue weighted by Gasteiger charge is 2.20. The summed E-state index contributed by atoms with van der Waals surface area (Å²) < 4.78 is 2.04. The van der Waals surface area contributed by atoms with Crippen LogP contribution in [0.1, 0.15) is 64.3 Å². The molecule has 0 aliphatic heterocycles. The van der Waals surface area contributed by atoms with Crippen molar-refractivity contribution in [1.29, 1.82) is 0 Å². The van der Waals surface area contributed by atoms with E-state index < -0.39 is 0 Å². The molecular formula is C17H33N3. The molecule has 1 heterocycles. The summed E-state index contributed by atoms with van der Waals surface area (Å²) in [6, 6.07) is 2.81. The summed E-state index contributed by atoms with van der Waals surface area (Å²) in [5.41, 5.74) is 2.48. The minimum absolute atomic E-state index is 0.585. The van der Waals surface area contributed by atoms with Gasteiger partial charge in [0, 0.05) is 25.2 Å². The van der Waals surface area contributed by atoms with Crippen molar-refractivity contribution in [2.45, 2.75) is 72.3 Å². The molecule has 0 aromatic carbocycles. The van der Waals surface area contributed by atoms with Crippen LogP contribution < -0.4 is 5.32 Å². The van der Waals surface area contributed by atoms with Crippen LogP contribution in [0.4, 0.5) is 0 Å². The maximum atomic E-state index is 4.48. The largest absolute Gasteiger partial charge is 0.313 e. The first kappa shape index (κ1) is 17.2. The Morgan fingerprint density at radius 3 is 2.50 bits per heavy atom. The molecule has 0 aliphatic rings. The molecule has 0 amide bonds. The average Bonchev–Trinajstić information content (AvgIpc) is 2.74. The van der Waals surface area contributed by atoms with Gasteiger partial charge in [-0.15, -0.1) is 0 Å². The van der Waals surface area contributed by atoms with E-state index >= 15 is 0 Å². The highest BCUT2D eigenvalue weighted by Crippen LogP contribution is 2.20. The van der Waals surface area contributed by atoms with E-state index in [9.17, 15) is 0 Å². The number of nitrogens with one attached hydrogen (secondary N) is 1. The summed E-state index contributed by atoms with van der Waals surface area (Å²) in [6.45, 7) is 10.0. The third-order valence-electron chi connectivity index (χ3n) is 4.21. The first-order valence-electron chi connectivity index (χ1n) is 8.35.